The number of hydrogen-bond acceptors (Lipinski definition) is 8. The molecule has 3 amide bonds. The van der Waals surface area contributed by atoms with Crippen molar-refractivity contribution in [2.45, 2.75) is 65.2 Å². The third kappa shape index (κ3) is 8.30. The molecule has 2 aromatic rings. The normalized spacial score (nSPS) is 15.0. The van der Waals surface area contributed by atoms with E-state index in [2.05, 4.69) is 15.6 Å². The number of anilines is 2. The SMILES string of the molecule is CC(C)(C)OC(=O)NC(Cc1cncn1C(=O)OC(C)(C)C)C(=O)Nc1ccc(N2CCOCC2=O)cc1. The molecule has 1 saturated heterocycles. The van der Waals surface area contributed by atoms with Gasteiger partial charge in [0.25, 0.3) is 5.91 Å². The number of nitrogens with one attached hydrogen (secondary N) is 2. The van der Waals surface area contributed by atoms with Crippen LogP contribution in [0.25, 0.3) is 0 Å². The molecule has 12 heteroatoms. The zero-order chi connectivity index (χ0) is 28.1. The highest BCUT2D eigenvalue weighted by Gasteiger charge is 2.28. The van der Waals surface area contributed by atoms with Crippen LogP contribution in [0.15, 0.2) is 36.8 Å². The molecule has 1 fully saturated rings. The highest BCUT2D eigenvalue weighted by molar-refractivity contribution is 5.98. The zero-order valence-corrected chi connectivity index (χ0v) is 22.6. The van der Waals surface area contributed by atoms with Crippen molar-refractivity contribution in [3.8, 4) is 0 Å². The molecule has 1 unspecified atom stereocenters. The Labute approximate surface area is 221 Å². The zero-order valence-electron chi connectivity index (χ0n) is 22.6. The van der Waals surface area contributed by atoms with Gasteiger partial charge in [0.15, 0.2) is 0 Å². The van der Waals surface area contributed by atoms with Crippen LogP contribution in [0.5, 0.6) is 0 Å². The van der Waals surface area contributed by atoms with E-state index in [0.29, 0.717) is 30.2 Å². The molecule has 1 atom stereocenters. The van der Waals surface area contributed by atoms with E-state index in [1.807, 2.05) is 0 Å². The van der Waals surface area contributed by atoms with Gasteiger partial charge in [0.1, 0.15) is 30.2 Å². The lowest BCUT2D eigenvalue weighted by molar-refractivity contribution is -0.125. The van der Waals surface area contributed by atoms with Crippen molar-refractivity contribution in [3.05, 3.63) is 42.5 Å². The van der Waals surface area contributed by atoms with E-state index in [1.165, 1.54) is 17.1 Å². The summed E-state index contributed by atoms with van der Waals surface area (Å²) in [5.74, 6) is -0.681. The standard InChI is InChI=1S/C26H35N5O7/c1-25(2,3)37-23(34)29-20(13-19-14-27-16-31(19)24(35)38-26(4,5)6)22(33)28-17-7-9-18(10-8-17)30-11-12-36-15-21(30)32/h7-10,14,16,20H,11-13,15H2,1-6H3,(H,28,33)(H,29,34). The van der Waals surface area contributed by atoms with Crippen molar-refractivity contribution in [2.75, 3.05) is 30.0 Å². The lowest BCUT2D eigenvalue weighted by Crippen LogP contribution is -2.47. The molecule has 12 nitrogen and oxygen atoms in total. The van der Waals surface area contributed by atoms with Crippen molar-refractivity contribution in [2.24, 2.45) is 0 Å². The van der Waals surface area contributed by atoms with Gasteiger partial charge in [-0.3, -0.25) is 9.59 Å². The molecule has 0 bridgehead atoms. The van der Waals surface area contributed by atoms with Crippen molar-refractivity contribution < 1.29 is 33.4 Å². The Morgan fingerprint density at radius 3 is 2.32 bits per heavy atom. The van der Waals surface area contributed by atoms with Crippen molar-refractivity contribution in [1.29, 1.82) is 0 Å². The first-order chi connectivity index (χ1) is 17.7. The van der Waals surface area contributed by atoms with Crippen molar-refractivity contribution in [1.82, 2.24) is 14.9 Å². The fourth-order valence-corrected chi connectivity index (χ4v) is 3.56. The number of carbonyl (C=O) groups is 4. The molecule has 1 aromatic carbocycles. The predicted octanol–water partition coefficient (Wildman–Crippen LogP) is 3.10. The predicted molar refractivity (Wildman–Crippen MR) is 139 cm³/mol. The van der Waals surface area contributed by atoms with Crippen molar-refractivity contribution >= 4 is 35.4 Å². The van der Waals surface area contributed by atoms with Gasteiger partial charge in [0.05, 0.1) is 12.3 Å². The van der Waals surface area contributed by atoms with E-state index >= 15 is 0 Å². The fraction of sp³-hybridized carbons (Fsp3) is 0.500. The maximum absolute atomic E-state index is 13.3. The third-order valence-electron chi connectivity index (χ3n) is 5.16. The molecule has 0 saturated carbocycles. The molecule has 1 aliphatic rings. The van der Waals surface area contributed by atoms with Crippen LogP contribution >= 0.6 is 0 Å². The number of morpholine rings is 1. The molecule has 0 spiro atoms. The van der Waals surface area contributed by atoms with Crippen LogP contribution in [0.1, 0.15) is 47.2 Å². The van der Waals surface area contributed by atoms with E-state index in [-0.39, 0.29) is 18.9 Å². The van der Waals surface area contributed by atoms with E-state index in [1.54, 1.807) is 70.7 Å². The lowest BCUT2D eigenvalue weighted by atomic mass is 10.1. The summed E-state index contributed by atoms with van der Waals surface area (Å²) in [7, 11) is 0. The molecule has 38 heavy (non-hydrogen) atoms. The van der Waals surface area contributed by atoms with Gasteiger partial charge in [-0.15, -0.1) is 0 Å². The molecule has 2 N–H and O–H groups in total. The topological polar surface area (TPSA) is 141 Å². The monoisotopic (exact) mass is 529 g/mol. The van der Waals surface area contributed by atoms with E-state index in [9.17, 15) is 19.2 Å². The minimum absolute atomic E-state index is 0.0242. The van der Waals surface area contributed by atoms with Gasteiger partial charge in [-0.05, 0) is 65.8 Å². The summed E-state index contributed by atoms with van der Waals surface area (Å²) in [6.07, 6.45) is 1.20. The summed E-state index contributed by atoms with van der Waals surface area (Å²) in [4.78, 5) is 56.2. The maximum Gasteiger partial charge on any atom is 0.420 e. The molecular formula is C26H35N5O7. The minimum atomic E-state index is -1.11. The summed E-state index contributed by atoms with van der Waals surface area (Å²) < 4.78 is 17.1. The number of aromatic nitrogens is 2. The number of hydrogen-bond donors (Lipinski definition) is 2. The minimum Gasteiger partial charge on any atom is -0.444 e. The van der Waals surface area contributed by atoms with Gasteiger partial charge in [-0.1, -0.05) is 0 Å². The average molecular weight is 530 g/mol. The Kier molecular flexibility index (Phi) is 8.77. The van der Waals surface area contributed by atoms with Gasteiger partial charge < -0.3 is 29.7 Å². The number of rotatable bonds is 6. The van der Waals surface area contributed by atoms with Gasteiger partial charge >= 0.3 is 12.2 Å². The number of ether oxygens (including phenoxy) is 3. The molecule has 1 aromatic heterocycles. The van der Waals surface area contributed by atoms with Crippen LogP contribution in [0, 0.1) is 0 Å². The molecule has 0 aliphatic carbocycles. The second-order valence-electron chi connectivity index (χ2n) is 10.8. The Morgan fingerprint density at radius 1 is 1.05 bits per heavy atom. The number of benzene rings is 1. The molecule has 0 radical (unpaired) electrons. The van der Waals surface area contributed by atoms with Crippen LogP contribution in [0.4, 0.5) is 21.0 Å². The maximum atomic E-state index is 13.3. The summed E-state index contributed by atoms with van der Waals surface area (Å²) >= 11 is 0. The fourth-order valence-electron chi connectivity index (χ4n) is 3.56. The van der Waals surface area contributed by atoms with Crippen LogP contribution < -0.4 is 15.5 Å². The second-order valence-corrected chi connectivity index (χ2v) is 10.8. The first-order valence-corrected chi connectivity index (χ1v) is 12.2. The molecule has 3 rings (SSSR count). The van der Waals surface area contributed by atoms with Crippen LogP contribution in [-0.4, -0.2) is 70.6 Å². The van der Waals surface area contributed by atoms with Crippen LogP contribution in [-0.2, 0) is 30.2 Å². The Morgan fingerprint density at radius 2 is 1.71 bits per heavy atom. The second kappa shape index (κ2) is 11.6. The van der Waals surface area contributed by atoms with E-state index in [4.69, 9.17) is 14.2 Å². The largest absolute Gasteiger partial charge is 0.444 e. The van der Waals surface area contributed by atoms with Gasteiger partial charge in [0.2, 0.25) is 5.91 Å². The Hall–Kier alpha value is -3.93. The molecule has 206 valence electrons. The summed E-state index contributed by atoms with van der Waals surface area (Å²) in [6, 6.07) is 5.64. The summed E-state index contributed by atoms with van der Waals surface area (Å²) in [5.41, 5.74) is -0.0214. The number of nitrogens with zero attached hydrogens (tertiary/aromatic N) is 3. The highest BCUT2D eigenvalue weighted by atomic mass is 16.6. The average Bonchev–Trinajstić information content (AvgIpc) is 3.26. The van der Waals surface area contributed by atoms with Gasteiger partial charge in [-0.2, -0.15) is 0 Å². The molecule has 1 aliphatic heterocycles. The molecular weight excluding hydrogens is 494 g/mol. The lowest BCUT2D eigenvalue weighted by Gasteiger charge is -2.27. The number of amides is 3. The summed E-state index contributed by atoms with van der Waals surface area (Å²) in [6.45, 7) is 11.3. The molecule has 2 heterocycles. The van der Waals surface area contributed by atoms with E-state index in [0.717, 1.165) is 0 Å². The van der Waals surface area contributed by atoms with E-state index < -0.39 is 35.3 Å². The van der Waals surface area contributed by atoms with Gasteiger partial charge in [0, 0.05) is 30.5 Å². The first kappa shape index (κ1) is 28.6. The van der Waals surface area contributed by atoms with Crippen molar-refractivity contribution in [3.63, 3.8) is 0 Å². The van der Waals surface area contributed by atoms with Crippen LogP contribution in [0.3, 0.4) is 0 Å². The number of carbonyl (C=O) groups excluding carboxylic acids is 4. The number of imidazole rings is 1. The Bertz CT molecular complexity index is 1160. The number of alkyl carbamates (subject to hydrolysis) is 1. The smallest absolute Gasteiger partial charge is 0.420 e. The first-order valence-electron chi connectivity index (χ1n) is 12.2. The van der Waals surface area contributed by atoms with Gasteiger partial charge in [-0.25, -0.2) is 19.1 Å². The highest BCUT2D eigenvalue weighted by Crippen LogP contribution is 2.20. The quantitative estimate of drug-likeness (QED) is 0.582. The Balaban J connectivity index is 1.77. The van der Waals surface area contributed by atoms with Crippen LogP contribution in [0.2, 0.25) is 0 Å². The summed E-state index contributed by atoms with van der Waals surface area (Å²) in [5, 5.41) is 5.35. The third-order valence-corrected chi connectivity index (χ3v) is 5.16.